The molecule has 25 heavy (non-hydrogen) atoms. The van der Waals surface area contributed by atoms with Gasteiger partial charge in [-0.1, -0.05) is 19.1 Å². The molecule has 1 aromatic carbocycles. The summed E-state index contributed by atoms with van der Waals surface area (Å²) in [6, 6.07) is 5.96. The summed E-state index contributed by atoms with van der Waals surface area (Å²) in [5, 5.41) is 14.5. The highest BCUT2D eigenvalue weighted by Gasteiger charge is 2.35. The van der Waals surface area contributed by atoms with Crippen molar-refractivity contribution in [3.63, 3.8) is 0 Å². The second kappa shape index (κ2) is 7.23. The number of aryl methyl sites for hydroxylation is 1. The number of carbonyl (C=O) groups is 3. The van der Waals surface area contributed by atoms with E-state index in [0.29, 0.717) is 25.8 Å². The Balaban J connectivity index is 1.54. The second-order valence-electron chi connectivity index (χ2n) is 6.43. The number of aliphatic carboxylic acids is 1. The minimum atomic E-state index is -1.04. The molecule has 134 valence electrons. The molecule has 1 fully saturated rings. The van der Waals surface area contributed by atoms with Crippen LogP contribution in [0.2, 0.25) is 0 Å². The first-order chi connectivity index (χ1) is 12.0. The average molecular weight is 346 g/mol. The number of fused-ring (bicyclic) bond motifs is 1. The minimum absolute atomic E-state index is 0.0550. The van der Waals surface area contributed by atoms with Crippen molar-refractivity contribution in [3.05, 3.63) is 29.3 Å². The van der Waals surface area contributed by atoms with Crippen LogP contribution in [-0.4, -0.2) is 41.6 Å². The molecule has 3 rings (SSSR count). The van der Waals surface area contributed by atoms with Crippen molar-refractivity contribution in [1.82, 2.24) is 5.32 Å². The van der Waals surface area contributed by atoms with Gasteiger partial charge in [0.2, 0.25) is 11.8 Å². The fraction of sp³-hybridized carbons (Fsp3) is 0.500. The lowest BCUT2D eigenvalue weighted by atomic mass is 9.95. The van der Waals surface area contributed by atoms with Crippen molar-refractivity contribution in [3.8, 4) is 0 Å². The molecule has 3 atom stereocenters. The fourth-order valence-electron chi connectivity index (χ4n) is 3.35. The lowest BCUT2D eigenvalue weighted by Crippen LogP contribution is -2.36. The predicted molar refractivity (Wildman–Crippen MR) is 90.3 cm³/mol. The Morgan fingerprint density at radius 1 is 1.32 bits per heavy atom. The van der Waals surface area contributed by atoms with Crippen LogP contribution in [0.15, 0.2) is 18.2 Å². The standard InChI is InChI=1S/C18H22N2O5/c1-2-10-3-4-13-12(9-10)11(16(21)20-13)7-8-19-17(22)14-5-6-15(25-14)18(23)24/h3-4,9,11,14-15H,2,5-8H2,1H3,(H,19,22)(H,20,21)(H,23,24)/t11?,14-,15+/m0/s1. The average Bonchev–Trinajstić information content (AvgIpc) is 3.19. The van der Waals surface area contributed by atoms with Gasteiger partial charge in [0.05, 0.1) is 5.92 Å². The summed E-state index contributed by atoms with van der Waals surface area (Å²) in [6.45, 7) is 2.40. The Morgan fingerprint density at radius 3 is 2.76 bits per heavy atom. The van der Waals surface area contributed by atoms with Crippen LogP contribution in [0, 0.1) is 0 Å². The lowest BCUT2D eigenvalue weighted by molar-refractivity contribution is -0.151. The van der Waals surface area contributed by atoms with E-state index < -0.39 is 18.2 Å². The second-order valence-corrected chi connectivity index (χ2v) is 6.43. The molecule has 0 aromatic heterocycles. The highest BCUT2D eigenvalue weighted by Crippen LogP contribution is 2.35. The van der Waals surface area contributed by atoms with E-state index >= 15 is 0 Å². The lowest BCUT2D eigenvalue weighted by Gasteiger charge is -2.14. The first-order valence-corrected chi connectivity index (χ1v) is 8.59. The summed E-state index contributed by atoms with van der Waals surface area (Å²) >= 11 is 0. The molecule has 0 bridgehead atoms. The highest BCUT2D eigenvalue weighted by atomic mass is 16.5. The van der Waals surface area contributed by atoms with E-state index in [0.717, 1.165) is 17.7 Å². The van der Waals surface area contributed by atoms with Gasteiger partial charge < -0.3 is 20.5 Å². The Hall–Kier alpha value is -2.41. The van der Waals surface area contributed by atoms with Crippen LogP contribution >= 0.6 is 0 Å². The Kier molecular flexibility index (Phi) is 5.03. The number of carboxylic acid groups (broad SMARTS) is 1. The van der Waals surface area contributed by atoms with Gasteiger partial charge in [-0.05, 0) is 42.9 Å². The van der Waals surface area contributed by atoms with Crippen LogP contribution in [0.1, 0.15) is 43.2 Å². The van der Waals surface area contributed by atoms with Crippen molar-refractivity contribution in [2.45, 2.75) is 50.7 Å². The molecule has 1 aromatic rings. The summed E-state index contributed by atoms with van der Waals surface area (Å²) in [5.74, 6) is -1.69. The molecule has 2 amide bonds. The van der Waals surface area contributed by atoms with Gasteiger partial charge in [-0.3, -0.25) is 9.59 Å². The molecule has 2 heterocycles. The Bertz CT molecular complexity index is 703. The molecule has 3 N–H and O–H groups in total. The molecule has 1 unspecified atom stereocenters. The number of carbonyl (C=O) groups excluding carboxylic acids is 2. The molecule has 0 spiro atoms. The zero-order valence-electron chi connectivity index (χ0n) is 14.1. The van der Waals surface area contributed by atoms with E-state index in [4.69, 9.17) is 9.84 Å². The number of benzene rings is 1. The number of carboxylic acids is 1. The number of hydrogen-bond acceptors (Lipinski definition) is 4. The van der Waals surface area contributed by atoms with Gasteiger partial charge in [-0.2, -0.15) is 0 Å². The largest absolute Gasteiger partial charge is 0.479 e. The predicted octanol–water partition coefficient (Wildman–Crippen LogP) is 1.42. The van der Waals surface area contributed by atoms with Crippen molar-refractivity contribution in [1.29, 1.82) is 0 Å². The van der Waals surface area contributed by atoms with Crippen LogP contribution in [0.25, 0.3) is 0 Å². The van der Waals surface area contributed by atoms with Crippen LogP contribution in [0.4, 0.5) is 5.69 Å². The number of anilines is 1. The highest BCUT2D eigenvalue weighted by molar-refractivity contribution is 6.03. The maximum atomic E-state index is 12.2. The minimum Gasteiger partial charge on any atom is -0.479 e. The Labute approximate surface area is 145 Å². The fourth-order valence-corrected chi connectivity index (χ4v) is 3.35. The summed E-state index contributed by atoms with van der Waals surface area (Å²) in [4.78, 5) is 35.1. The quantitative estimate of drug-likeness (QED) is 0.723. The van der Waals surface area contributed by atoms with Crippen molar-refractivity contribution >= 4 is 23.5 Å². The number of ether oxygens (including phenoxy) is 1. The van der Waals surface area contributed by atoms with Gasteiger partial charge in [0.15, 0.2) is 6.10 Å². The molecule has 0 saturated carbocycles. The first-order valence-electron chi connectivity index (χ1n) is 8.59. The van der Waals surface area contributed by atoms with Crippen molar-refractivity contribution in [2.75, 3.05) is 11.9 Å². The topological polar surface area (TPSA) is 105 Å². The smallest absolute Gasteiger partial charge is 0.332 e. The zero-order chi connectivity index (χ0) is 18.0. The summed E-state index contributed by atoms with van der Waals surface area (Å²) in [6.07, 6.45) is 0.496. The summed E-state index contributed by atoms with van der Waals surface area (Å²) < 4.78 is 5.22. The number of nitrogens with one attached hydrogen (secondary N) is 2. The summed E-state index contributed by atoms with van der Waals surface area (Å²) in [5.41, 5.74) is 2.98. The van der Waals surface area contributed by atoms with E-state index in [1.54, 1.807) is 0 Å². The van der Waals surface area contributed by atoms with E-state index in [1.165, 1.54) is 5.56 Å². The Morgan fingerprint density at radius 2 is 2.08 bits per heavy atom. The molecule has 7 heteroatoms. The monoisotopic (exact) mass is 346 g/mol. The van der Waals surface area contributed by atoms with Gasteiger partial charge >= 0.3 is 5.97 Å². The van der Waals surface area contributed by atoms with Crippen LogP contribution < -0.4 is 10.6 Å². The van der Waals surface area contributed by atoms with Crippen LogP contribution in [0.5, 0.6) is 0 Å². The number of hydrogen-bond donors (Lipinski definition) is 3. The third kappa shape index (κ3) is 3.66. The summed E-state index contributed by atoms with van der Waals surface area (Å²) in [7, 11) is 0. The number of amides is 2. The van der Waals surface area contributed by atoms with Gasteiger partial charge in [0, 0.05) is 12.2 Å². The van der Waals surface area contributed by atoms with Gasteiger partial charge in [-0.15, -0.1) is 0 Å². The van der Waals surface area contributed by atoms with Crippen molar-refractivity contribution in [2.24, 2.45) is 0 Å². The molecule has 0 aliphatic carbocycles. The third-order valence-corrected chi connectivity index (χ3v) is 4.79. The molecule has 2 aliphatic heterocycles. The first kappa shape index (κ1) is 17.4. The van der Waals surface area contributed by atoms with E-state index in [1.807, 2.05) is 18.2 Å². The molecular weight excluding hydrogens is 324 g/mol. The maximum absolute atomic E-state index is 12.2. The normalized spacial score (nSPS) is 24.7. The molecule has 7 nitrogen and oxygen atoms in total. The van der Waals surface area contributed by atoms with E-state index in [9.17, 15) is 14.4 Å². The molecule has 0 radical (unpaired) electrons. The molecular formula is C18H22N2O5. The van der Waals surface area contributed by atoms with Gasteiger partial charge in [-0.25, -0.2) is 4.79 Å². The van der Waals surface area contributed by atoms with Gasteiger partial charge in [0.25, 0.3) is 0 Å². The van der Waals surface area contributed by atoms with Crippen molar-refractivity contribution < 1.29 is 24.2 Å². The van der Waals surface area contributed by atoms with Crippen LogP contribution in [0.3, 0.4) is 0 Å². The van der Waals surface area contributed by atoms with Crippen LogP contribution in [-0.2, 0) is 25.5 Å². The van der Waals surface area contributed by atoms with Gasteiger partial charge in [0.1, 0.15) is 6.10 Å². The van der Waals surface area contributed by atoms with E-state index in [-0.39, 0.29) is 17.7 Å². The third-order valence-electron chi connectivity index (χ3n) is 4.79. The maximum Gasteiger partial charge on any atom is 0.332 e. The zero-order valence-corrected chi connectivity index (χ0v) is 14.1. The SMILES string of the molecule is CCc1ccc2c(c1)C(CCNC(=O)[C@@H]1CC[C@H](C(=O)O)O1)C(=O)N2. The molecule has 1 saturated heterocycles. The molecule has 2 aliphatic rings. The number of rotatable bonds is 6. The van der Waals surface area contributed by atoms with E-state index in [2.05, 4.69) is 17.6 Å².